The first-order valence-electron chi connectivity index (χ1n) is 10.8. The summed E-state index contributed by atoms with van der Waals surface area (Å²) in [6.45, 7) is 10.3. The normalized spacial score (nSPS) is 16.6. The summed E-state index contributed by atoms with van der Waals surface area (Å²) in [7, 11) is 0. The maximum Gasteiger partial charge on any atom is 0.341 e. The Morgan fingerprint density at radius 2 is 2.09 bits per heavy atom. The number of aryl methyl sites for hydroxylation is 2. The summed E-state index contributed by atoms with van der Waals surface area (Å²) >= 11 is 4.58. The van der Waals surface area contributed by atoms with E-state index in [0.717, 1.165) is 45.6 Å². The van der Waals surface area contributed by atoms with Crippen molar-refractivity contribution < 1.29 is 14.3 Å². The van der Waals surface area contributed by atoms with Crippen molar-refractivity contribution in [1.29, 1.82) is 0 Å². The van der Waals surface area contributed by atoms with Gasteiger partial charge in [0.1, 0.15) is 21.2 Å². The van der Waals surface area contributed by atoms with E-state index >= 15 is 0 Å². The number of nitrogens with zero attached hydrogens (tertiary/aromatic N) is 2. The van der Waals surface area contributed by atoms with Crippen molar-refractivity contribution >= 4 is 61.5 Å². The molecule has 0 saturated carbocycles. The zero-order chi connectivity index (χ0) is 23.0. The van der Waals surface area contributed by atoms with Crippen LogP contribution in [0.15, 0.2) is 11.4 Å². The number of thiophene rings is 2. The van der Waals surface area contributed by atoms with E-state index in [1.165, 1.54) is 32.9 Å². The molecule has 4 rings (SSSR count). The molecule has 6 nitrogen and oxygen atoms in total. The Hall–Kier alpha value is -1.97. The Kier molecular flexibility index (Phi) is 6.88. The van der Waals surface area contributed by atoms with Crippen LogP contribution in [0.3, 0.4) is 0 Å². The van der Waals surface area contributed by atoms with Gasteiger partial charge in [0.2, 0.25) is 5.91 Å². The van der Waals surface area contributed by atoms with E-state index in [1.54, 1.807) is 24.6 Å². The van der Waals surface area contributed by atoms with Crippen molar-refractivity contribution in [3.05, 3.63) is 32.8 Å². The molecule has 3 aromatic heterocycles. The molecule has 9 heteroatoms. The van der Waals surface area contributed by atoms with E-state index in [9.17, 15) is 9.59 Å². The number of hydrogen-bond acceptors (Lipinski definition) is 8. The molecule has 3 heterocycles. The monoisotopic (exact) mass is 489 g/mol. The SMILES string of the molecule is CCOC(=O)c1c(NC(=O)[C@@H](C)Sc2ncnc3sc(C)c(C)c23)sc2c1CC[C@H](C)C2. The molecule has 0 fully saturated rings. The van der Waals surface area contributed by atoms with Crippen LogP contribution in [0.2, 0.25) is 0 Å². The fourth-order valence-corrected chi connectivity index (χ4v) is 7.37. The summed E-state index contributed by atoms with van der Waals surface area (Å²) in [5, 5.41) is 5.08. The van der Waals surface area contributed by atoms with Crippen molar-refractivity contribution in [2.24, 2.45) is 5.92 Å². The summed E-state index contributed by atoms with van der Waals surface area (Å²) in [6.07, 6.45) is 4.37. The van der Waals surface area contributed by atoms with Crippen LogP contribution in [0, 0.1) is 19.8 Å². The molecule has 1 aliphatic carbocycles. The molecule has 0 aromatic carbocycles. The second-order valence-electron chi connectivity index (χ2n) is 8.17. The van der Waals surface area contributed by atoms with Gasteiger partial charge in [-0.1, -0.05) is 18.7 Å². The van der Waals surface area contributed by atoms with Crippen molar-refractivity contribution in [2.45, 2.75) is 64.2 Å². The molecule has 1 N–H and O–H groups in total. The molecule has 1 amide bonds. The average molecular weight is 490 g/mol. The number of esters is 1. The highest BCUT2D eigenvalue weighted by atomic mass is 32.2. The first-order chi connectivity index (χ1) is 15.3. The number of carbonyl (C=O) groups is 2. The van der Waals surface area contributed by atoms with Gasteiger partial charge in [-0.2, -0.15) is 0 Å². The molecule has 0 radical (unpaired) electrons. The van der Waals surface area contributed by atoms with Crippen LogP contribution in [0.25, 0.3) is 10.2 Å². The second-order valence-corrected chi connectivity index (χ2v) is 11.8. The molecular formula is C23H27N3O3S3. The predicted molar refractivity (Wildman–Crippen MR) is 132 cm³/mol. The van der Waals surface area contributed by atoms with E-state index in [-0.39, 0.29) is 17.1 Å². The summed E-state index contributed by atoms with van der Waals surface area (Å²) in [6, 6.07) is 0. The smallest absolute Gasteiger partial charge is 0.341 e. The minimum Gasteiger partial charge on any atom is -0.462 e. The highest BCUT2D eigenvalue weighted by Crippen LogP contribution is 2.41. The standard InChI is InChI=1S/C23H27N3O3S3/c1-6-29-23(28)18-15-8-7-11(2)9-16(15)32-22(18)26-19(27)14(5)31-21-17-12(3)13(4)30-20(17)24-10-25-21/h10-11,14H,6-9H2,1-5H3,(H,26,27)/t11-,14+/m0/s1. The van der Waals surface area contributed by atoms with Crippen LogP contribution in [0.4, 0.5) is 5.00 Å². The quantitative estimate of drug-likeness (QED) is 0.268. The second kappa shape index (κ2) is 9.49. The molecule has 0 saturated heterocycles. The van der Waals surface area contributed by atoms with Gasteiger partial charge in [0.05, 0.1) is 17.4 Å². The Morgan fingerprint density at radius 1 is 1.31 bits per heavy atom. The van der Waals surface area contributed by atoms with Gasteiger partial charge in [0.15, 0.2) is 0 Å². The minimum atomic E-state index is -0.388. The van der Waals surface area contributed by atoms with Crippen LogP contribution < -0.4 is 5.32 Å². The zero-order valence-electron chi connectivity index (χ0n) is 18.9. The van der Waals surface area contributed by atoms with Gasteiger partial charge < -0.3 is 10.1 Å². The van der Waals surface area contributed by atoms with Crippen molar-refractivity contribution in [3.8, 4) is 0 Å². The summed E-state index contributed by atoms with van der Waals surface area (Å²) in [5.41, 5.74) is 2.74. The Labute approximate surface area is 200 Å². The lowest BCUT2D eigenvalue weighted by atomic mass is 9.88. The zero-order valence-corrected chi connectivity index (χ0v) is 21.4. The summed E-state index contributed by atoms with van der Waals surface area (Å²) in [5.74, 6) is 0.0762. The Morgan fingerprint density at radius 3 is 2.84 bits per heavy atom. The van der Waals surface area contributed by atoms with Crippen LogP contribution >= 0.6 is 34.4 Å². The van der Waals surface area contributed by atoms with E-state index in [2.05, 4.69) is 36.1 Å². The van der Waals surface area contributed by atoms with E-state index < -0.39 is 0 Å². The third-order valence-corrected chi connectivity index (χ3v) is 9.20. The van der Waals surface area contributed by atoms with Crippen LogP contribution in [0.1, 0.15) is 58.4 Å². The lowest BCUT2D eigenvalue weighted by Crippen LogP contribution is -2.23. The number of hydrogen-bond donors (Lipinski definition) is 1. The Balaban J connectivity index is 1.58. The molecule has 3 aromatic rings. The van der Waals surface area contributed by atoms with E-state index in [0.29, 0.717) is 23.1 Å². The highest BCUT2D eigenvalue weighted by molar-refractivity contribution is 8.00. The van der Waals surface area contributed by atoms with Gasteiger partial charge in [0.25, 0.3) is 0 Å². The number of amides is 1. The number of fused-ring (bicyclic) bond motifs is 2. The van der Waals surface area contributed by atoms with E-state index in [4.69, 9.17) is 4.74 Å². The van der Waals surface area contributed by atoms with E-state index in [1.807, 2.05) is 6.92 Å². The van der Waals surface area contributed by atoms with Crippen molar-refractivity contribution in [3.63, 3.8) is 0 Å². The lowest BCUT2D eigenvalue weighted by molar-refractivity contribution is -0.115. The number of nitrogens with one attached hydrogen (secondary N) is 1. The van der Waals surface area contributed by atoms with Gasteiger partial charge in [-0.25, -0.2) is 14.8 Å². The summed E-state index contributed by atoms with van der Waals surface area (Å²) < 4.78 is 5.32. The van der Waals surface area contributed by atoms with Crippen LogP contribution in [0.5, 0.6) is 0 Å². The Bertz CT molecular complexity index is 1180. The fraction of sp³-hybridized carbons (Fsp3) is 0.478. The van der Waals surface area contributed by atoms with Gasteiger partial charge in [-0.3, -0.25) is 4.79 Å². The number of anilines is 1. The van der Waals surface area contributed by atoms with Gasteiger partial charge >= 0.3 is 5.97 Å². The minimum absolute atomic E-state index is 0.149. The number of ether oxygens (including phenoxy) is 1. The average Bonchev–Trinajstić information content (AvgIpc) is 3.24. The largest absolute Gasteiger partial charge is 0.462 e. The summed E-state index contributed by atoms with van der Waals surface area (Å²) in [4.78, 5) is 38.0. The van der Waals surface area contributed by atoms with Crippen LogP contribution in [-0.2, 0) is 22.4 Å². The van der Waals surface area contributed by atoms with Gasteiger partial charge in [0, 0.05) is 15.1 Å². The first kappa shape index (κ1) is 23.2. The third kappa shape index (κ3) is 4.43. The van der Waals surface area contributed by atoms with Gasteiger partial charge in [-0.15, -0.1) is 22.7 Å². The topological polar surface area (TPSA) is 81.2 Å². The molecule has 0 bridgehead atoms. The number of aromatic nitrogens is 2. The lowest BCUT2D eigenvalue weighted by Gasteiger charge is -2.18. The van der Waals surface area contributed by atoms with Gasteiger partial charge in [-0.05, 0) is 64.0 Å². The molecular weight excluding hydrogens is 462 g/mol. The van der Waals surface area contributed by atoms with Crippen LogP contribution in [-0.4, -0.2) is 33.7 Å². The third-order valence-electron chi connectivity index (χ3n) is 5.82. The first-order valence-corrected chi connectivity index (χ1v) is 13.3. The maximum absolute atomic E-state index is 13.1. The van der Waals surface area contributed by atoms with Crippen molar-refractivity contribution in [2.75, 3.05) is 11.9 Å². The predicted octanol–water partition coefficient (Wildman–Crippen LogP) is 5.79. The molecule has 0 spiro atoms. The molecule has 170 valence electrons. The molecule has 2 atom stereocenters. The molecule has 0 aliphatic heterocycles. The van der Waals surface area contributed by atoms with Crippen molar-refractivity contribution in [1.82, 2.24) is 9.97 Å². The highest BCUT2D eigenvalue weighted by Gasteiger charge is 2.30. The maximum atomic E-state index is 13.1. The number of rotatable bonds is 6. The molecule has 32 heavy (non-hydrogen) atoms. The number of carbonyl (C=O) groups excluding carboxylic acids is 2. The molecule has 1 aliphatic rings. The number of thioether (sulfide) groups is 1. The fourth-order valence-electron chi connectivity index (χ4n) is 3.93. The molecule has 0 unspecified atom stereocenters.